The van der Waals surface area contributed by atoms with E-state index in [1.165, 1.54) is 4.88 Å². The van der Waals surface area contributed by atoms with E-state index < -0.39 is 0 Å². The normalized spacial score (nSPS) is 12.8. The van der Waals surface area contributed by atoms with Crippen LogP contribution >= 0.6 is 11.3 Å². The Bertz CT molecular complexity index is 955. The summed E-state index contributed by atoms with van der Waals surface area (Å²) in [5.41, 5.74) is 2.17. The fourth-order valence-corrected chi connectivity index (χ4v) is 3.67. The van der Waals surface area contributed by atoms with Gasteiger partial charge in [0, 0.05) is 17.8 Å². The van der Waals surface area contributed by atoms with Gasteiger partial charge in [-0.25, -0.2) is 4.98 Å². The number of imidazole rings is 1. The van der Waals surface area contributed by atoms with Crippen LogP contribution in [0, 0.1) is 6.92 Å². The van der Waals surface area contributed by atoms with Crippen LogP contribution in [0.4, 0.5) is 0 Å². The van der Waals surface area contributed by atoms with Crippen molar-refractivity contribution in [2.45, 2.75) is 32.7 Å². The molecule has 0 spiro atoms. The SMILES string of the molecule is Cc1nc2ccccc2n1CCc1noc([C@H](C)c2cccs2)n1. The van der Waals surface area contributed by atoms with Crippen LogP contribution in [0.15, 0.2) is 46.3 Å². The highest BCUT2D eigenvalue weighted by atomic mass is 32.1. The lowest BCUT2D eigenvalue weighted by atomic mass is 10.1. The van der Waals surface area contributed by atoms with E-state index in [0.29, 0.717) is 5.89 Å². The standard InChI is InChI=1S/C18H18N4OS/c1-12(16-8-5-11-24-16)18-20-17(21-23-18)9-10-22-13(2)19-14-6-3-4-7-15(14)22/h3-8,11-12H,9-10H2,1-2H3/t12-/m1/s1. The Balaban J connectivity index is 1.51. The van der Waals surface area contributed by atoms with Crippen molar-refractivity contribution in [3.05, 3.63) is 64.2 Å². The highest BCUT2D eigenvalue weighted by Gasteiger charge is 2.17. The van der Waals surface area contributed by atoms with Crippen LogP contribution in [0.25, 0.3) is 11.0 Å². The average Bonchev–Trinajstić information content (AvgIpc) is 3.32. The van der Waals surface area contributed by atoms with Crippen LogP contribution in [0.3, 0.4) is 0 Å². The summed E-state index contributed by atoms with van der Waals surface area (Å²) in [6, 6.07) is 12.3. The topological polar surface area (TPSA) is 56.7 Å². The molecule has 0 saturated carbocycles. The molecular weight excluding hydrogens is 320 g/mol. The summed E-state index contributed by atoms with van der Waals surface area (Å²) in [6.07, 6.45) is 0.724. The summed E-state index contributed by atoms with van der Waals surface area (Å²) in [5, 5.41) is 6.21. The molecule has 4 rings (SSSR count). The summed E-state index contributed by atoms with van der Waals surface area (Å²) < 4.78 is 7.66. The molecule has 3 heterocycles. The van der Waals surface area contributed by atoms with Crippen LogP contribution in [0.1, 0.15) is 35.3 Å². The van der Waals surface area contributed by atoms with E-state index in [1.807, 2.05) is 31.2 Å². The van der Waals surface area contributed by atoms with E-state index in [9.17, 15) is 0 Å². The Morgan fingerprint density at radius 1 is 1.17 bits per heavy atom. The molecule has 0 radical (unpaired) electrons. The Hall–Kier alpha value is -2.47. The van der Waals surface area contributed by atoms with Gasteiger partial charge < -0.3 is 9.09 Å². The van der Waals surface area contributed by atoms with Crippen molar-refractivity contribution in [1.82, 2.24) is 19.7 Å². The van der Waals surface area contributed by atoms with Crippen molar-refractivity contribution in [3.8, 4) is 0 Å². The Morgan fingerprint density at radius 3 is 2.88 bits per heavy atom. The van der Waals surface area contributed by atoms with Gasteiger partial charge in [-0.15, -0.1) is 11.3 Å². The van der Waals surface area contributed by atoms with E-state index in [2.05, 4.69) is 44.1 Å². The number of fused-ring (bicyclic) bond motifs is 1. The molecule has 0 saturated heterocycles. The molecule has 6 heteroatoms. The molecule has 0 N–H and O–H groups in total. The second kappa shape index (κ2) is 6.20. The zero-order valence-electron chi connectivity index (χ0n) is 13.6. The number of benzene rings is 1. The molecule has 1 aromatic carbocycles. The maximum absolute atomic E-state index is 5.46. The van der Waals surface area contributed by atoms with E-state index >= 15 is 0 Å². The zero-order valence-corrected chi connectivity index (χ0v) is 14.5. The Labute approximate surface area is 144 Å². The monoisotopic (exact) mass is 338 g/mol. The van der Waals surface area contributed by atoms with Crippen molar-refractivity contribution in [1.29, 1.82) is 0 Å². The van der Waals surface area contributed by atoms with Crippen molar-refractivity contribution < 1.29 is 4.52 Å². The van der Waals surface area contributed by atoms with E-state index in [-0.39, 0.29) is 5.92 Å². The molecule has 0 unspecified atom stereocenters. The van der Waals surface area contributed by atoms with Gasteiger partial charge in [-0.05, 0) is 37.4 Å². The number of aryl methyl sites for hydroxylation is 3. The molecule has 3 aromatic heterocycles. The first-order chi connectivity index (χ1) is 11.7. The molecule has 0 aliphatic rings. The number of hydrogen-bond donors (Lipinski definition) is 0. The fraction of sp³-hybridized carbons (Fsp3) is 0.278. The van der Waals surface area contributed by atoms with Crippen molar-refractivity contribution in [2.24, 2.45) is 0 Å². The molecular formula is C18H18N4OS. The molecule has 122 valence electrons. The lowest BCUT2D eigenvalue weighted by molar-refractivity contribution is 0.365. The predicted octanol–water partition coefficient (Wildman–Crippen LogP) is 4.18. The highest BCUT2D eigenvalue weighted by molar-refractivity contribution is 7.10. The first kappa shape index (κ1) is 15.1. The zero-order chi connectivity index (χ0) is 16.5. The lowest BCUT2D eigenvalue weighted by Gasteiger charge is -2.04. The average molecular weight is 338 g/mol. The van der Waals surface area contributed by atoms with Gasteiger partial charge in [0.1, 0.15) is 5.82 Å². The minimum atomic E-state index is 0.141. The minimum Gasteiger partial charge on any atom is -0.339 e. The van der Waals surface area contributed by atoms with Gasteiger partial charge in [0.25, 0.3) is 0 Å². The quantitative estimate of drug-likeness (QED) is 0.548. The third kappa shape index (κ3) is 2.73. The molecule has 0 fully saturated rings. The van der Waals surface area contributed by atoms with Crippen molar-refractivity contribution >= 4 is 22.4 Å². The molecule has 0 amide bonds. The predicted molar refractivity (Wildman–Crippen MR) is 94.3 cm³/mol. The van der Waals surface area contributed by atoms with Crippen molar-refractivity contribution in [2.75, 3.05) is 0 Å². The lowest BCUT2D eigenvalue weighted by Crippen LogP contribution is -2.04. The first-order valence-corrected chi connectivity index (χ1v) is 8.88. The molecule has 24 heavy (non-hydrogen) atoms. The number of rotatable bonds is 5. The molecule has 1 atom stereocenters. The van der Waals surface area contributed by atoms with Crippen LogP contribution in [-0.4, -0.2) is 19.7 Å². The number of aromatic nitrogens is 4. The third-order valence-corrected chi connectivity index (χ3v) is 5.28. The maximum atomic E-state index is 5.46. The summed E-state index contributed by atoms with van der Waals surface area (Å²) in [4.78, 5) is 10.4. The number of thiophene rings is 1. The second-order valence-electron chi connectivity index (χ2n) is 5.84. The maximum Gasteiger partial charge on any atom is 0.234 e. The molecule has 4 aromatic rings. The Morgan fingerprint density at radius 2 is 2.04 bits per heavy atom. The van der Waals surface area contributed by atoms with Gasteiger partial charge in [-0.3, -0.25) is 0 Å². The van der Waals surface area contributed by atoms with Gasteiger partial charge in [0.05, 0.1) is 17.0 Å². The number of hydrogen-bond acceptors (Lipinski definition) is 5. The third-order valence-electron chi connectivity index (χ3n) is 4.23. The summed E-state index contributed by atoms with van der Waals surface area (Å²) in [5.74, 6) is 2.57. The highest BCUT2D eigenvalue weighted by Crippen LogP contribution is 2.26. The van der Waals surface area contributed by atoms with Crippen LogP contribution in [0.2, 0.25) is 0 Å². The van der Waals surface area contributed by atoms with Gasteiger partial charge in [0.2, 0.25) is 5.89 Å². The van der Waals surface area contributed by atoms with Crippen LogP contribution in [0.5, 0.6) is 0 Å². The summed E-state index contributed by atoms with van der Waals surface area (Å²) >= 11 is 1.71. The van der Waals surface area contributed by atoms with Gasteiger partial charge in [-0.1, -0.05) is 23.4 Å². The molecule has 0 bridgehead atoms. The second-order valence-corrected chi connectivity index (χ2v) is 6.81. The smallest absolute Gasteiger partial charge is 0.234 e. The number of nitrogens with zero attached hydrogens (tertiary/aromatic N) is 4. The Kier molecular flexibility index (Phi) is 3.90. The van der Waals surface area contributed by atoms with Gasteiger partial charge >= 0.3 is 0 Å². The summed E-state index contributed by atoms with van der Waals surface area (Å²) in [7, 11) is 0. The number of para-hydroxylation sites is 2. The van der Waals surface area contributed by atoms with Crippen LogP contribution in [-0.2, 0) is 13.0 Å². The van der Waals surface area contributed by atoms with Crippen molar-refractivity contribution in [3.63, 3.8) is 0 Å². The first-order valence-electron chi connectivity index (χ1n) is 8.00. The van der Waals surface area contributed by atoms with E-state index in [4.69, 9.17) is 4.52 Å². The van der Waals surface area contributed by atoms with E-state index in [1.54, 1.807) is 11.3 Å². The van der Waals surface area contributed by atoms with E-state index in [0.717, 1.165) is 35.6 Å². The minimum absolute atomic E-state index is 0.141. The largest absolute Gasteiger partial charge is 0.339 e. The van der Waals surface area contributed by atoms with Gasteiger partial charge in [-0.2, -0.15) is 4.98 Å². The van der Waals surface area contributed by atoms with Gasteiger partial charge in [0.15, 0.2) is 5.82 Å². The molecule has 5 nitrogen and oxygen atoms in total. The fourth-order valence-electron chi connectivity index (χ4n) is 2.89. The summed E-state index contributed by atoms with van der Waals surface area (Å²) in [6.45, 7) is 4.91. The van der Waals surface area contributed by atoms with Crippen LogP contribution < -0.4 is 0 Å². The molecule has 0 aliphatic heterocycles. The molecule has 0 aliphatic carbocycles.